The largest absolute Gasteiger partial charge is 0.387 e. The normalized spacial score (nSPS) is 21.1. The molecule has 0 spiro atoms. The molecule has 23 heavy (non-hydrogen) atoms. The van der Waals surface area contributed by atoms with E-state index < -0.39 is 6.10 Å². The van der Waals surface area contributed by atoms with Gasteiger partial charge in [0, 0.05) is 25.7 Å². The summed E-state index contributed by atoms with van der Waals surface area (Å²) in [6.45, 7) is 7.61. The molecular formula is C19H28N2O2. The summed E-state index contributed by atoms with van der Waals surface area (Å²) in [7, 11) is 0. The lowest BCUT2D eigenvalue weighted by Crippen LogP contribution is -2.36. The lowest BCUT2D eigenvalue weighted by atomic mass is 9.96. The Morgan fingerprint density at radius 1 is 1.30 bits per heavy atom. The van der Waals surface area contributed by atoms with Crippen LogP contribution in [0.15, 0.2) is 18.2 Å². The molecule has 1 saturated heterocycles. The van der Waals surface area contributed by atoms with Crippen LogP contribution in [0.25, 0.3) is 0 Å². The molecule has 0 saturated carbocycles. The van der Waals surface area contributed by atoms with Gasteiger partial charge in [0.2, 0.25) is 5.91 Å². The Bertz CT molecular complexity index is 564. The van der Waals surface area contributed by atoms with Gasteiger partial charge in [0.1, 0.15) is 0 Å². The second-order valence-corrected chi connectivity index (χ2v) is 7.16. The molecule has 0 aliphatic carbocycles. The van der Waals surface area contributed by atoms with Crippen LogP contribution in [0.2, 0.25) is 0 Å². The van der Waals surface area contributed by atoms with Gasteiger partial charge in [-0.15, -0.1) is 0 Å². The zero-order valence-corrected chi connectivity index (χ0v) is 14.3. The smallest absolute Gasteiger partial charge is 0.223 e. The SMILES string of the molecule is CC(=O)N1CCCc2cc([C@H](O)CN3CCC(C)CC3)ccc21. The number of piperidine rings is 1. The van der Waals surface area contributed by atoms with Crippen molar-refractivity contribution in [2.24, 2.45) is 5.92 Å². The first kappa shape index (κ1) is 16.5. The highest BCUT2D eigenvalue weighted by atomic mass is 16.3. The van der Waals surface area contributed by atoms with Crippen molar-refractivity contribution in [2.75, 3.05) is 31.1 Å². The number of aryl methyl sites for hydroxylation is 1. The van der Waals surface area contributed by atoms with Crippen LogP contribution < -0.4 is 4.90 Å². The minimum Gasteiger partial charge on any atom is -0.387 e. The molecule has 1 fully saturated rings. The van der Waals surface area contributed by atoms with Gasteiger partial charge in [-0.1, -0.05) is 19.1 Å². The Morgan fingerprint density at radius 3 is 2.74 bits per heavy atom. The first-order valence-corrected chi connectivity index (χ1v) is 8.86. The monoisotopic (exact) mass is 316 g/mol. The maximum absolute atomic E-state index is 11.7. The maximum atomic E-state index is 11.7. The van der Waals surface area contributed by atoms with E-state index >= 15 is 0 Å². The van der Waals surface area contributed by atoms with Crippen LogP contribution in [0.5, 0.6) is 0 Å². The van der Waals surface area contributed by atoms with Crippen molar-refractivity contribution in [1.82, 2.24) is 4.90 Å². The lowest BCUT2D eigenvalue weighted by molar-refractivity contribution is -0.116. The Labute approximate surface area is 139 Å². The quantitative estimate of drug-likeness (QED) is 0.932. The van der Waals surface area contributed by atoms with Crippen LogP contribution in [0.3, 0.4) is 0 Å². The number of carbonyl (C=O) groups excluding carboxylic acids is 1. The van der Waals surface area contributed by atoms with Crippen LogP contribution in [0.4, 0.5) is 5.69 Å². The molecule has 2 aliphatic rings. The third-order valence-electron chi connectivity index (χ3n) is 5.29. The number of nitrogens with zero attached hydrogens (tertiary/aromatic N) is 2. The number of anilines is 1. The Balaban J connectivity index is 1.70. The summed E-state index contributed by atoms with van der Waals surface area (Å²) in [4.78, 5) is 16.0. The highest BCUT2D eigenvalue weighted by Crippen LogP contribution is 2.30. The zero-order chi connectivity index (χ0) is 16.4. The molecule has 0 bridgehead atoms. The summed E-state index contributed by atoms with van der Waals surface area (Å²) >= 11 is 0. The summed E-state index contributed by atoms with van der Waals surface area (Å²) < 4.78 is 0. The van der Waals surface area contributed by atoms with Gasteiger partial charge in [0.05, 0.1) is 6.10 Å². The van der Waals surface area contributed by atoms with Gasteiger partial charge in [0.15, 0.2) is 0 Å². The fourth-order valence-electron chi connectivity index (χ4n) is 3.75. The minimum absolute atomic E-state index is 0.0988. The van der Waals surface area contributed by atoms with Gasteiger partial charge >= 0.3 is 0 Å². The molecule has 0 radical (unpaired) electrons. The average Bonchev–Trinajstić information content (AvgIpc) is 2.55. The van der Waals surface area contributed by atoms with Crippen molar-refractivity contribution in [3.63, 3.8) is 0 Å². The summed E-state index contributed by atoms with van der Waals surface area (Å²) in [5, 5.41) is 10.6. The number of aliphatic hydroxyl groups excluding tert-OH is 1. The number of benzene rings is 1. The number of β-amino-alcohol motifs (C(OH)–C–C–N with tert-alkyl or cyclic N) is 1. The molecule has 1 amide bonds. The molecule has 126 valence electrons. The molecule has 4 nitrogen and oxygen atoms in total. The van der Waals surface area contributed by atoms with Gasteiger partial charge in [-0.3, -0.25) is 4.79 Å². The first-order chi connectivity index (χ1) is 11.0. The number of carbonyl (C=O) groups is 1. The van der Waals surface area contributed by atoms with Gasteiger partial charge in [0.25, 0.3) is 0 Å². The second-order valence-electron chi connectivity index (χ2n) is 7.16. The van der Waals surface area contributed by atoms with E-state index in [2.05, 4.69) is 17.9 Å². The van der Waals surface area contributed by atoms with E-state index in [-0.39, 0.29) is 5.91 Å². The third kappa shape index (κ3) is 3.75. The number of amides is 1. The highest BCUT2D eigenvalue weighted by Gasteiger charge is 2.23. The molecule has 2 heterocycles. The van der Waals surface area contributed by atoms with Gasteiger partial charge in [-0.05, 0) is 61.9 Å². The Morgan fingerprint density at radius 2 is 2.04 bits per heavy atom. The summed E-state index contributed by atoms with van der Waals surface area (Å²) in [6.07, 6.45) is 3.99. The van der Waals surface area contributed by atoms with Crippen molar-refractivity contribution in [1.29, 1.82) is 0 Å². The maximum Gasteiger partial charge on any atom is 0.223 e. The van der Waals surface area contributed by atoms with Crippen molar-refractivity contribution in [3.8, 4) is 0 Å². The number of fused-ring (bicyclic) bond motifs is 1. The Kier molecular flexibility index (Phi) is 5.02. The van der Waals surface area contributed by atoms with Crippen LogP contribution in [0, 0.1) is 5.92 Å². The number of hydrogen-bond donors (Lipinski definition) is 1. The second kappa shape index (κ2) is 7.02. The molecule has 2 aliphatic heterocycles. The van der Waals surface area contributed by atoms with Gasteiger partial charge in [-0.25, -0.2) is 0 Å². The van der Waals surface area contributed by atoms with Gasteiger partial charge < -0.3 is 14.9 Å². The van der Waals surface area contributed by atoms with E-state index in [0.29, 0.717) is 6.54 Å². The summed E-state index contributed by atoms with van der Waals surface area (Å²) in [5.74, 6) is 0.909. The molecule has 3 rings (SSSR count). The summed E-state index contributed by atoms with van der Waals surface area (Å²) in [6, 6.07) is 6.09. The number of likely N-dealkylation sites (tertiary alicyclic amines) is 1. The minimum atomic E-state index is -0.443. The molecule has 1 atom stereocenters. The molecule has 0 aromatic heterocycles. The van der Waals surface area contributed by atoms with Crippen molar-refractivity contribution < 1.29 is 9.90 Å². The van der Waals surface area contributed by atoms with Crippen LogP contribution in [0.1, 0.15) is 50.3 Å². The van der Waals surface area contributed by atoms with Crippen LogP contribution >= 0.6 is 0 Å². The fourth-order valence-corrected chi connectivity index (χ4v) is 3.75. The van der Waals surface area contributed by atoms with Crippen LogP contribution in [-0.4, -0.2) is 42.1 Å². The van der Waals surface area contributed by atoms with Crippen molar-refractivity contribution >= 4 is 11.6 Å². The lowest BCUT2D eigenvalue weighted by Gasteiger charge is -2.32. The predicted molar refractivity (Wildman–Crippen MR) is 92.6 cm³/mol. The standard InChI is InChI=1S/C19H28N2O2/c1-14-7-10-20(11-8-14)13-19(23)17-5-6-18-16(12-17)4-3-9-21(18)15(2)22/h5-6,12,14,19,23H,3-4,7-11,13H2,1-2H3/t19-/m1/s1. The van der Waals surface area contributed by atoms with E-state index in [9.17, 15) is 9.90 Å². The zero-order valence-electron chi connectivity index (χ0n) is 14.3. The topological polar surface area (TPSA) is 43.8 Å². The highest BCUT2D eigenvalue weighted by molar-refractivity contribution is 5.92. The third-order valence-corrected chi connectivity index (χ3v) is 5.29. The van der Waals surface area contributed by atoms with E-state index in [4.69, 9.17) is 0 Å². The first-order valence-electron chi connectivity index (χ1n) is 8.86. The molecular weight excluding hydrogens is 288 g/mol. The molecule has 1 N–H and O–H groups in total. The molecule has 1 aromatic carbocycles. The van der Waals surface area contributed by atoms with Crippen LogP contribution in [-0.2, 0) is 11.2 Å². The fraction of sp³-hybridized carbons (Fsp3) is 0.632. The van der Waals surface area contributed by atoms with Crippen molar-refractivity contribution in [2.45, 2.75) is 45.6 Å². The Hall–Kier alpha value is -1.39. The van der Waals surface area contributed by atoms with E-state index in [0.717, 1.165) is 49.6 Å². The molecule has 0 unspecified atom stereocenters. The summed E-state index contributed by atoms with van der Waals surface area (Å²) in [5.41, 5.74) is 3.19. The van der Waals surface area contributed by atoms with E-state index in [1.54, 1.807) is 6.92 Å². The van der Waals surface area contributed by atoms with Crippen molar-refractivity contribution in [3.05, 3.63) is 29.3 Å². The molecule has 1 aromatic rings. The number of hydrogen-bond acceptors (Lipinski definition) is 3. The number of aliphatic hydroxyl groups is 1. The average molecular weight is 316 g/mol. The molecule has 4 heteroatoms. The predicted octanol–water partition coefficient (Wildman–Crippen LogP) is 2.75. The van der Waals surface area contributed by atoms with E-state index in [1.165, 1.54) is 18.4 Å². The van der Waals surface area contributed by atoms with E-state index in [1.807, 2.05) is 17.0 Å². The van der Waals surface area contributed by atoms with Gasteiger partial charge in [-0.2, -0.15) is 0 Å². The number of rotatable bonds is 3.